The number of thioether (sulfide) groups is 1. The molecule has 0 atom stereocenters. The Bertz CT molecular complexity index is 525. The van der Waals surface area contributed by atoms with E-state index in [1.165, 1.54) is 11.8 Å². The molecule has 0 aromatic carbocycles. The number of amides is 1. The Labute approximate surface area is 148 Å². The number of carbonyl (C=O) groups excluding carboxylic acids is 1. The Hall–Kier alpha value is -1.28. The zero-order valence-corrected chi connectivity index (χ0v) is 16.0. The molecular weight excluding hydrogens is 326 g/mol. The quantitative estimate of drug-likeness (QED) is 0.662. The number of carbonyl (C=O) groups is 1. The lowest BCUT2D eigenvalue weighted by Gasteiger charge is -2.28. The van der Waals surface area contributed by atoms with Gasteiger partial charge < -0.3 is 14.5 Å². The van der Waals surface area contributed by atoms with Crippen LogP contribution in [0.5, 0.6) is 0 Å². The Kier molecular flexibility index (Phi) is 7.36. The maximum atomic E-state index is 12.2. The number of rotatable bonds is 8. The molecule has 1 saturated heterocycles. The van der Waals surface area contributed by atoms with Crippen LogP contribution >= 0.6 is 11.8 Å². The van der Waals surface area contributed by atoms with Crippen LogP contribution in [0.25, 0.3) is 0 Å². The lowest BCUT2D eigenvalue weighted by molar-refractivity contribution is -0.127. The molecule has 1 fully saturated rings. The second-order valence-electron chi connectivity index (χ2n) is 6.24. The first-order valence-corrected chi connectivity index (χ1v) is 9.71. The van der Waals surface area contributed by atoms with Gasteiger partial charge in [-0.2, -0.15) is 0 Å². The molecule has 0 bridgehead atoms. The lowest BCUT2D eigenvalue weighted by Crippen LogP contribution is -2.38. The van der Waals surface area contributed by atoms with Gasteiger partial charge in [0.1, 0.15) is 0 Å². The van der Waals surface area contributed by atoms with Crippen molar-refractivity contribution in [1.29, 1.82) is 0 Å². The number of morpholine rings is 1. The largest absolute Gasteiger partial charge is 0.378 e. The Morgan fingerprint density at radius 1 is 1.25 bits per heavy atom. The van der Waals surface area contributed by atoms with E-state index in [0.29, 0.717) is 11.7 Å². The third kappa shape index (κ3) is 4.86. The summed E-state index contributed by atoms with van der Waals surface area (Å²) in [4.78, 5) is 16.3. The summed E-state index contributed by atoms with van der Waals surface area (Å²) >= 11 is 1.48. The molecule has 0 radical (unpaired) electrons. The standard InChI is InChI=1S/C16H29N5O2S/c1-5-19(6-2)14(22)12-24-16-18-17-15(21(16)11-13(3)4)20-7-9-23-10-8-20/h13H,5-12H2,1-4H3. The molecule has 1 aliphatic heterocycles. The Balaban J connectivity index is 2.10. The third-order valence-electron chi connectivity index (χ3n) is 3.98. The van der Waals surface area contributed by atoms with Crippen LogP contribution in [-0.2, 0) is 16.1 Å². The van der Waals surface area contributed by atoms with E-state index < -0.39 is 0 Å². The normalized spacial score (nSPS) is 15.1. The highest BCUT2D eigenvalue weighted by Gasteiger charge is 2.22. The summed E-state index contributed by atoms with van der Waals surface area (Å²) in [5.41, 5.74) is 0. The SMILES string of the molecule is CCN(CC)C(=O)CSc1nnc(N2CCOCC2)n1CC(C)C. The van der Waals surface area contributed by atoms with Gasteiger partial charge in [-0.3, -0.25) is 9.36 Å². The fourth-order valence-corrected chi connectivity index (χ4v) is 3.55. The highest BCUT2D eigenvalue weighted by Crippen LogP contribution is 2.24. The minimum Gasteiger partial charge on any atom is -0.378 e. The van der Waals surface area contributed by atoms with Crippen molar-refractivity contribution in [3.63, 3.8) is 0 Å². The summed E-state index contributed by atoms with van der Waals surface area (Å²) in [6, 6.07) is 0. The fourth-order valence-electron chi connectivity index (χ4n) is 2.70. The molecule has 24 heavy (non-hydrogen) atoms. The molecule has 0 saturated carbocycles. The molecule has 136 valence electrons. The third-order valence-corrected chi connectivity index (χ3v) is 4.93. The Morgan fingerprint density at radius 2 is 1.92 bits per heavy atom. The maximum absolute atomic E-state index is 12.2. The first-order chi connectivity index (χ1) is 11.6. The van der Waals surface area contributed by atoms with Crippen molar-refractivity contribution in [3.8, 4) is 0 Å². The number of ether oxygens (including phenoxy) is 1. The number of aromatic nitrogens is 3. The number of hydrogen-bond acceptors (Lipinski definition) is 6. The highest BCUT2D eigenvalue weighted by atomic mass is 32.2. The molecule has 0 unspecified atom stereocenters. The summed E-state index contributed by atoms with van der Waals surface area (Å²) in [6.07, 6.45) is 0. The number of hydrogen-bond donors (Lipinski definition) is 0. The van der Waals surface area contributed by atoms with Crippen LogP contribution in [-0.4, -0.2) is 70.7 Å². The minimum absolute atomic E-state index is 0.150. The molecule has 0 spiro atoms. The van der Waals surface area contributed by atoms with Gasteiger partial charge in [-0.15, -0.1) is 10.2 Å². The maximum Gasteiger partial charge on any atom is 0.233 e. The fraction of sp³-hybridized carbons (Fsp3) is 0.812. The lowest BCUT2D eigenvalue weighted by atomic mass is 10.2. The van der Waals surface area contributed by atoms with E-state index in [4.69, 9.17) is 4.74 Å². The van der Waals surface area contributed by atoms with Crippen LogP contribution in [0.3, 0.4) is 0 Å². The van der Waals surface area contributed by atoms with Crippen molar-refractivity contribution in [2.75, 3.05) is 50.0 Å². The molecule has 1 amide bonds. The van der Waals surface area contributed by atoms with E-state index in [2.05, 4.69) is 33.5 Å². The molecule has 1 aromatic heterocycles. The predicted octanol–water partition coefficient (Wildman–Crippen LogP) is 1.73. The van der Waals surface area contributed by atoms with E-state index in [9.17, 15) is 4.79 Å². The molecule has 1 aliphatic rings. The molecule has 2 rings (SSSR count). The molecule has 2 heterocycles. The van der Waals surface area contributed by atoms with E-state index in [0.717, 1.165) is 57.0 Å². The topological polar surface area (TPSA) is 63.5 Å². The zero-order chi connectivity index (χ0) is 17.5. The monoisotopic (exact) mass is 355 g/mol. The molecule has 0 N–H and O–H groups in total. The predicted molar refractivity (Wildman–Crippen MR) is 96.5 cm³/mol. The van der Waals surface area contributed by atoms with Gasteiger partial charge in [0.05, 0.1) is 19.0 Å². The summed E-state index contributed by atoms with van der Waals surface area (Å²) in [6.45, 7) is 13.8. The van der Waals surface area contributed by atoms with Crippen molar-refractivity contribution in [2.45, 2.75) is 39.4 Å². The van der Waals surface area contributed by atoms with Crippen molar-refractivity contribution in [2.24, 2.45) is 5.92 Å². The minimum atomic E-state index is 0.150. The molecular formula is C16H29N5O2S. The van der Waals surface area contributed by atoms with Gasteiger partial charge in [-0.05, 0) is 19.8 Å². The average Bonchev–Trinajstić information content (AvgIpc) is 2.97. The second-order valence-corrected chi connectivity index (χ2v) is 7.18. The molecule has 8 heteroatoms. The van der Waals surface area contributed by atoms with Gasteiger partial charge in [0.2, 0.25) is 11.9 Å². The summed E-state index contributed by atoms with van der Waals surface area (Å²) in [7, 11) is 0. The number of anilines is 1. The highest BCUT2D eigenvalue weighted by molar-refractivity contribution is 7.99. The van der Waals surface area contributed by atoms with Gasteiger partial charge >= 0.3 is 0 Å². The van der Waals surface area contributed by atoms with E-state index >= 15 is 0 Å². The van der Waals surface area contributed by atoms with Gasteiger partial charge in [-0.25, -0.2) is 0 Å². The van der Waals surface area contributed by atoms with Crippen molar-refractivity contribution in [1.82, 2.24) is 19.7 Å². The smallest absolute Gasteiger partial charge is 0.233 e. The summed E-state index contributed by atoms with van der Waals surface area (Å²) < 4.78 is 7.57. The molecule has 1 aromatic rings. The number of nitrogens with zero attached hydrogens (tertiary/aromatic N) is 5. The Morgan fingerprint density at radius 3 is 2.50 bits per heavy atom. The molecule has 7 nitrogen and oxygen atoms in total. The van der Waals surface area contributed by atoms with Gasteiger partial charge in [0, 0.05) is 32.7 Å². The molecule has 0 aliphatic carbocycles. The summed E-state index contributed by atoms with van der Waals surface area (Å²) in [5.74, 6) is 1.93. The van der Waals surface area contributed by atoms with E-state index in [-0.39, 0.29) is 5.91 Å². The average molecular weight is 356 g/mol. The van der Waals surface area contributed by atoms with Crippen LogP contribution in [0.2, 0.25) is 0 Å². The second kappa shape index (κ2) is 9.27. The van der Waals surface area contributed by atoms with Crippen LogP contribution in [0.15, 0.2) is 5.16 Å². The van der Waals surface area contributed by atoms with Crippen LogP contribution in [0.1, 0.15) is 27.7 Å². The van der Waals surface area contributed by atoms with Crippen molar-refractivity contribution in [3.05, 3.63) is 0 Å². The van der Waals surface area contributed by atoms with Gasteiger partial charge in [0.15, 0.2) is 5.16 Å². The van der Waals surface area contributed by atoms with Crippen LogP contribution in [0.4, 0.5) is 5.95 Å². The van der Waals surface area contributed by atoms with Gasteiger partial charge in [-0.1, -0.05) is 25.6 Å². The zero-order valence-electron chi connectivity index (χ0n) is 15.2. The van der Waals surface area contributed by atoms with Crippen molar-refractivity contribution < 1.29 is 9.53 Å². The van der Waals surface area contributed by atoms with E-state index in [1.54, 1.807) is 0 Å². The van der Waals surface area contributed by atoms with Crippen LogP contribution in [0, 0.1) is 5.92 Å². The summed E-state index contributed by atoms with van der Waals surface area (Å²) in [5, 5.41) is 9.57. The van der Waals surface area contributed by atoms with Crippen LogP contribution < -0.4 is 4.90 Å². The van der Waals surface area contributed by atoms with E-state index in [1.807, 2.05) is 18.7 Å². The first kappa shape index (κ1) is 19.1. The first-order valence-electron chi connectivity index (χ1n) is 8.73. The van der Waals surface area contributed by atoms with Crippen molar-refractivity contribution >= 4 is 23.6 Å². The van der Waals surface area contributed by atoms with Gasteiger partial charge in [0.25, 0.3) is 0 Å².